The largest absolute Gasteiger partial charge is 0.390 e. The Morgan fingerprint density at radius 2 is 0.940 bits per heavy atom. The highest BCUT2D eigenvalue weighted by molar-refractivity contribution is 5.77. The van der Waals surface area contributed by atoms with Crippen LogP contribution in [0.25, 0.3) is 23.1 Å². The molecule has 2 aliphatic heterocycles. The van der Waals surface area contributed by atoms with Gasteiger partial charge in [-0.15, -0.1) is 0 Å². The Bertz CT molecular complexity index is 1820. The van der Waals surface area contributed by atoms with E-state index in [1.165, 1.54) is 15.7 Å². The molecular weight excluding hydrogens is 628 g/mol. The molecule has 0 saturated carbocycles. The summed E-state index contributed by atoms with van der Waals surface area (Å²) >= 11 is 0. The number of rotatable bonds is 14. The Morgan fingerprint density at radius 3 is 1.44 bits per heavy atom. The molecule has 0 bridgehead atoms. The van der Waals surface area contributed by atoms with Gasteiger partial charge in [0.15, 0.2) is 0 Å². The molecule has 3 aromatic carbocycles. The number of para-hydroxylation sites is 1. The van der Waals surface area contributed by atoms with Gasteiger partial charge in [-0.2, -0.15) is 0 Å². The highest BCUT2D eigenvalue weighted by Crippen LogP contribution is 2.11. The monoisotopic (exact) mass is 678 g/mol. The molecule has 264 valence electrons. The van der Waals surface area contributed by atoms with Gasteiger partial charge in [-0.3, -0.25) is 33.5 Å². The van der Waals surface area contributed by atoms with Crippen LogP contribution in [0.2, 0.25) is 0 Å². The normalized spacial score (nSPS) is 18.4. The minimum atomic E-state index is -0.886. The van der Waals surface area contributed by atoms with Gasteiger partial charge in [0.2, 0.25) is 0 Å². The molecule has 2 N–H and O–H groups in total. The van der Waals surface area contributed by atoms with Gasteiger partial charge < -0.3 is 10.2 Å². The molecule has 2 aliphatic rings. The van der Waals surface area contributed by atoms with E-state index < -0.39 is 23.5 Å². The average Bonchev–Trinajstić information content (AvgIpc) is 3.14. The summed E-state index contributed by atoms with van der Waals surface area (Å²) in [6.07, 6.45) is 6.97. The fourth-order valence-electron chi connectivity index (χ4n) is 6.95. The lowest BCUT2D eigenvalue weighted by Gasteiger charge is -2.35. The van der Waals surface area contributed by atoms with Crippen LogP contribution in [0, 0.1) is 0 Å². The number of aliphatic hydroxyl groups is 2. The van der Waals surface area contributed by atoms with Gasteiger partial charge in [-0.1, -0.05) is 97.1 Å². The number of hydrogen-bond donors (Lipinski definition) is 2. The first-order valence-corrected chi connectivity index (χ1v) is 17.8. The van der Waals surface area contributed by atoms with Crippen molar-refractivity contribution in [2.24, 2.45) is 0 Å². The molecule has 2 saturated heterocycles. The summed E-state index contributed by atoms with van der Waals surface area (Å²) in [6, 6.07) is 27.6. The number of piperazine rings is 2. The van der Waals surface area contributed by atoms with E-state index in [2.05, 4.69) is 68.2 Å². The van der Waals surface area contributed by atoms with Crippen molar-refractivity contribution in [1.29, 1.82) is 0 Å². The van der Waals surface area contributed by atoms with Crippen LogP contribution < -0.4 is 11.2 Å². The van der Waals surface area contributed by atoms with Crippen molar-refractivity contribution >= 4 is 23.1 Å². The Morgan fingerprint density at radius 1 is 0.520 bits per heavy atom. The van der Waals surface area contributed by atoms with Gasteiger partial charge in [0.05, 0.1) is 36.2 Å². The molecule has 0 spiro atoms. The van der Waals surface area contributed by atoms with Crippen molar-refractivity contribution in [3.63, 3.8) is 0 Å². The number of aromatic nitrogens is 2. The van der Waals surface area contributed by atoms with Gasteiger partial charge in [-0.05, 0) is 23.3 Å². The van der Waals surface area contributed by atoms with Crippen molar-refractivity contribution in [3.8, 4) is 0 Å². The quantitative estimate of drug-likeness (QED) is 0.210. The lowest BCUT2D eigenvalue weighted by Crippen LogP contribution is -2.51. The third-order valence-electron chi connectivity index (χ3n) is 9.73. The van der Waals surface area contributed by atoms with Crippen molar-refractivity contribution in [3.05, 3.63) is 129 Å². The van der Waals surface area contributed by atoms with Crippen molar-refractivity contribution in [2.45, 2.75) is 25.3 Å². The maximum Gasteiger partial charge on any atom is 0.331 e. The zero-order valence-corrected chi connectivity index (χ0v) is 28.8. The zero-order valence-electron chi connectivity index (χ0n) is 28.8. The molecule has 0 aliphatic carbocycles. The molecule has 4 aromatic rings. The third kappa shape index (κ3) is 9.75. The lowest BCUT2D eigenvalue weighted by atomic mass is 10.2. The van der Waals surface area contributed by atoms with Crippen LogP contribution in [0.1, 0.15) is 11.1 Å². The molecule has 10 nitrogen and oxygen atoms in total. The Labute approximate surface area is 294 Å². The first-order valence-electron chi connectivity index (χ1n) is 17.8. The Balaban J connectivity index is 1.01. The van der Waals surface area contributed by atoms with E-state index in [1.54, 1.807) is 24.3 Å². The summed E-state index contributed by atoms with van der Waals surface area (Å²) in [5.74, 6) is 0. The van der Waals surface area contributed by atoms with Crippen LogP contribution in [0.3, 0.4) is 0 Å². The van der Waals surface area contributed by atoms with E-state index in [0.717, 1.165) is 70.0 Å². The third-order valence-corrected chi connectivity index (χ3v) is 9.73. The number of benzene rings is 3. The number of hydrogen-bond acceptors (Lipinski definition) is 8. The van der Waals surface area contributed by atoms with Gasteiger partial charge in [0.25, 0.3) is 5.56 Å². The summed E-state index contributed by atoms with van der Waals surface area (Å²) < 4.78 is 2.65. The van der Waals surface area contributed by atoms with E-state index in [1.807, 2.05) is 36.4 Å². The van der Waals surface area contributed by atoms with Crippen LogP contribution in [-0.4, -0.2) is 130 Å². The molecule has 2 atom stereocenters. The summed E-state index contributed by atoms with van der Waals surface area (Å²) in [5.41, 5.74) is 1.96. The van der Waals surface area contributed by atoms with E-state index >= 15 is 0 Å². The van der Waals surface area contributed by atoms with E-state index in [9.17, 15) is 19.8 Å². The second kappa shape index (κ2) is 17.7. The number of nitrogens with zero attached hydrogens (tertiary/aromatic N) is 6. The van der Waals surface area contributed by atoms with E-state index in [-0.39, 0.29) is 13.1 Å². The molecule has 50 heavy (non-hydrogen) atoms. The molecule has 2 unspecified atom stereocenters. The van der Waals surface area contributed by atoms with E-state index in [0.29, 0.717) is 24.0 Å². The minimum Gasteiger partial charge on any atom is -0.390 e. The maximum absolute atomic E-state index is 13.8. The Hall–Kier alpha value is -4.16. The highest BCUT2D eigenvalue weighted by Gasteiger charge is 2.23. The summed E-state index contributed by atoms with van der Waals surface area (Å²) in [5, 5.41) is 22.7. The van der Waals surface area contributed by atoms with E-state index in [4.69, 9.17) is 0 Å². The van der Waals surface area contributed by atoms with Gasteiger partial charge in [0.1, 0.15) is 0 Å². The zero-order chi connectivity index (χ0) is 34.7. The SMILES string of the molecule is O=c1c2ccccc2n(CC(O)CN2CCN(C/C=C/c3ccccc3)CC2)c(=O)n1CC(O)CN1CCN(C/C=C/c2ccccc2)CC1. The standard InChI is InChI=1S/C40H50N6O4/c47-35(29-43-25-21-41(22-26-43)19-9-15-33-11-3-1-4-12-33)31-45-38-18-8-7-17-37(38)39(49)46(40(45)50)32-36(48)30-44-27-23-42(24-28-44)20-10-16-34-13-5-2-6-14-34/h1-18,35-36,47-48H,19-32H2/b15-9+,16-10+. The van der Waals surface area contributed by atoms with Crippen LogP contribution in [-0.2, 0) is 13.1 Å². The van der Waals surface area contributed by atoms with Crippen molar-refractivity contribution in [2.75, 3.05) is 78.5 Å². The second-order valence-corrected chi connectivity index (χ2v) is 13.5. The molecule has 3 heterocycles. The van der Waals surface area contributed by atoms with Gasteiger partial charge in [-0.25, -0.2) is 4.79 Å². The molecular formula is C40H50N6O4. The molecule has 0 radical (unpaired) electrons. The van der Waals surface area contributed by atoms with Crippen molar-refractivity contribution in [1.82, 2.24) is 28.7 Å². The Kier molecular flexibility index (Phi) is 12.6. The van der Waals surface area contributed by atoms with Crippen LogP contribution in [0.5, 0.6) is 0 Å². The first kappa shape index (κ1) is 35.7. The average molecular weight is 679 g/mol. The fourth-order valence-corrected chi connectivity index (χ4v) is 6.95. The van der Waals surface area contributed by atoms with Gasteiger partial charge >= 0.3 is 5.69 Å². The maximum atomic E-state index is 13.8. The number of aliphatic hydroxyl groups excluding tert-OH is 2. The van der Waals surface area contributed by atoms with Crippen LogP contribution in [0.4, 0.5) is 0 Å². The molecule has 1 aromatic heterocycles. The highest BCUT2D eigenvalue weighted by atomic mass is 16.3. The van der Waals surface area contributed by atoms with Crippen molar-refractivity contribution < 1.29 is 10.2 Å². The smallest absolute Gasteiger partial charge is 0.331 e. The predicted molar refractivity (Wildman–Crippen MR) is 201 cm³/mol. The lowest BCUT2D eigenvalue weighted by molar-refractivity contribution is 0.0632. The van der Waals surface area contributed by atoms with Crippen LogP contribution in [0.15, 0.2) is 107 Å². The molecule has 10 heteroatoms. The summed E-state index contributed by atoms with van der Waals surface area (Å²) in [4.78, 5) is 36.5. The predicted octanol–water partition coefficient (Wildman–Crippen LogP) is 2.55. The molecule has 0 amide bonds. The summed E-state index contributed by atoms with van der Waals surface area (Å²) in [6.45, 7) is 9.36. The summed E-state index contributed by atoms with van der Waals surface area (Å²) in [7, 11) is 0. The number of fused-ring (bicyclic) bond motifs is 1. The first-order chi connectivity index (χ1) is 24.4. The topological polar surface area (TPSA) is 97.4 Å². The fraction of sp³-hybridized carbons (Fsp3) is 0.400. The second-order valence-electron chi connectivity index (χ2n) is 13.5. The number of β-amino-alcohol motifs (C(OH)–C–C–N with tert-alkyl or cyclic N) is 2. The minimum absolute atomic E-state index is 0.0659. The molecule has 6 rings (SSSR count). The van der Waals surface area contributed by atoms with Gasteiger partial charge in [0, 0.05) is 78.5 Å². The van der Waals surface area contributed by atoms with Crippen LogP contribution >= 0.6 is 0 Å². The molecule has 2 fully saturated rings.